The van der Waals surface area contributed by atoms with Crippen LogP contribution >= 0.6 is 11.6 Å². The second-order valence-electron chi connectivity index (χ2n) is 13.5. The van der Waals surface area contributed by atoms with E-state index in [1.165, 1.54) is 38.0 Å². The van der Waals surface area contributed by atoms with Crippen LogP contribution in [0.3, 0.4) is 0 Å². The van der Waals surface area contributed by atoms with E-state index in [1.807, 2.05) is 13.0 Å². The smallest absolute Gasteiger partial charge is 0.409 e. The number of hydrogen-bond donors (Lipinski definition) is 2. The number of halogens is 1. The Balaban J connectivity index is 1.70. The SMILES string of the molecule is COc1cc2cc(c1Cl)N(C)C(=O)C[C@H](OC(=O)C(C)N(C)C(=O)CCCN=[N+]=[N-])[C@]1(C)O[C@H]1C[C@@H]1C[C@@](O)(NC(=O)O1)[C@H](OC)/C=C/C=C(\C)C2. The van der Waals surface area contributed by atoms with Crippen molar-refractivity contribution in [3.8, 4) is 5.75 Å². The highest BCUT2D eigenvalue weighted by molar-refractivity contribution is 6.35. The Labute approximate surface area is 307 Å². The number of benzene rings is 1. The molecule has 0 radical (unpaired) electrons. The summed E-state index contributed by atoms with van der Waals surface area (Å²) in [6.07, 6.45) is 1.29. The van der Waals surface area contributed by atoms with E-state index in [0.717, 1.165) is 11.1 Å². The highest BCUT2D eigenvalue weighted by Gasteiger charge is 2.61. The van der Waals surface area contributed by atoms with Gasteiger partial charge in [-0.2, -0.15) is 0 Å². The van der Waals surface area contributed by atoms with Crippen LogP contribution in [0.1, 0.15) is 58.4 Å². The number of amides is 3. The van der Waals surface area contributed by atoms with Crippen molar-refractivity contribution < 1.29 is 48.0 Å². The Kier molecular flexibility index (Phi) is 13.2. The lowest BCUT2D eigenvalue weighted by molar-refractivity contribution is -0.162. The summed E-state index contributed by atoms with van der Waals surface area (Å²) in [4.78, 5) is 58.4. The zero-order chi connectivity index (χ0) is 38.4. The minimum atomic E-state index is -1.82. The van der Waals surface area contributed by atoms with Crippen LogP contribution in [0.4, 0.5) is 10.5 Å². The number of carbonyl (C=O) groups is 4. The quantitative estimate of drug-likeness (QED) is 0.0912. The van der Waals surface area contributed by atoms with Crippen LogP contribution in [-0.2, 0) is 39.8 Å². The Bertz CT molecular complexity index is 1650. The van der Waals surface area contributed by atoms with Crippen molar-refractivity contribution >= 4 is 41.2 Å². The number of ether oxygens (including phenoxy) is 5. The first-order chi connectivity index (χ1) is 24.6. The van der Waals surface area contributed by atoms with Crippen molar-refractivity contribution in [3.05, 3.63) is 57.0 Å². The van der Waals surface area contributed by atoms with Crippen molar-refractivity contribution in [3.63, 3.8) is 0 Å². The standard InChI is InChI=1S/C35H47ClN6O10/c1-20-10-8-11-26(49-7)35(47)19-23(50-33(46)39-35)17-28-34(3,52-28)27(51-32(45)21(2)41(4)29(43)12-9-13-38-40-37)18-30(44)42(5)24-15-22(14-20)16-25(48-6)31(24)36/h8,10-11,15-16,21,23,26-28,47H,9,12-14,17-19H2,1-7H3,(H,39,46)/b11-8+,20-10+/t21?,23-,26-,27+,28+,34+,35+/m1/s1. The minimum Gasteiger partial charge on any atom is -0.495 e. The van der Waals surface area contributed by atoms with Crippen molar-refractivity contribution in [2.45, 2.75) is 101 Å². The van der Waals surface area contributed by atoms with Gasteiger partial charge in [0.2, 0.25) is 11.8 Å². The summed E-state index contributed by atoms with van der Waals surface area (Å²) in [6, 6.07) is 2.51. The molecule has 0 aromatic heterocycles. The second kappa shape index (κ2) is 17.0. The third-order valence-corrected chi connectivity index (χ3v) is 10.2. The number of methoxy groups -OCH3 is 2. The van der Waals surface area contributed by atoms with Gasteiger partial charge in [-0.15, -0.1) is 0 Å². The maximum absolute atomic E-state index is 14.0. The van der Waals surface area contributed by atoms with E-state index in [4.69, 9.17) is 40.8 Å². The van der Waals surface area contributed by atoms with Crippen molar-refractivity contribution in [2.24, 2.45) is 5.11 Å². The number of hydrogen-bond acceptors (Lipinski definition) is 11. The number of fused-ring (bicyclic) bond motifs is 5. The molecule has 2 saturated heterocycles. The van der Waals surface area contributed by atoms with Gasteiger partial charge in [0.15, 0.2) is 5.72 Å². The Hall–Kier alpha value is -4.34. The van der Waals surface area contributed by atoms with Crippen LogP contribution in [0.25, 0.3) is 10.4 Å². The van der Waals surface area contributed by atoms with Gasteiger partial charge in [0.25, 0.3) is 0 Å². The number of nitrogens with zero attached hydrogens (tertiary/aromatic N) is 5. The normalized spacial score (nSPS) is 29.9. The van der Waals surface area contributed by atoms with Gasteiger partial charge >= 0.3 is 12.1 Å². The van der Waals surface area contributed by atoms with Gasteiger partial charge in [0.05, 0.1) is 25.3 Å². The van der Waals surface area contributed by atoms with E-state index in [-0.39, 0.29) is 43.2 Å². The molecule has 1 aromatic carbocycles. The first kappa shape index (κ1) is 40.4. The molecule has 3 aliphatic heterocycles. The monoisotopic (exact) mass is 746 g/mol. The largest absolute Gasteiger partial charge is 0.495 e. The molecule has 2 N–H and O–H groups in total. The molecule has 17 heteroatoms. The molecule has 0 spiro atoms. The van der Waals surface area contributed by atoms with E-state index in [1.54, 1.807) is 38.3 Å². The second-order valence-corrected chi connectivity index (χ2v) is 13.9. The van der Waals surface area contributed by atoms with Crippen LogP contribution < -0.4 is 15.0 Å². The number of aliphatic hydroxyl groups is 1. The van der Waals surface area contributed by atoms with Gasteiger partial charge in [-0.1, -0.05) is 40.5 Å². The zero-order valence-electron chi connectivity index (χ0n) is 30.5. The van der Waals surface area contributed by atoms with Crippen molar-refractivity contribution in [2.75, 3.05) is 39.8 Å². The fraction of sp³-hybridized carbons (Fsp3) is 0.600. The number of rotatable bonds is 9. The summed E-state index contributed by atoms with van der Waals surface area (Å²) >= 11 is 6.72. The lowest BCUT2D eigenvalue weighted by Gasteiger charge is -2.40. The van der Waals surface area contributed by atoms with Gasteiger partial charge in [0.1, 0.15) is 40.7 Å². The first-order valence-corrected chi connectivity index (χ1v) is 17.3. The van der Waals surface area contributed by atoms with Gasteiger partial charge in [-0.3, -0.25) is 14.9 Å². The summed E-state index contributed by atoms with van der Waals surface area (Å²) in [5, 5.41) is 17.7. The van der Waals surface area contributed by atoms with Crippen LogP contribution in [0.15, 0.2) is 41.0 Å². The lowest BCUT2D eigenvalue weighted by Crippen LogP contribution is -2.62. The summed E-state index contributed by atoms with van der Waals surface area (Å²) in [5.41, 5.74) is 7.54. The molecular formula is C35H47ClN6O10. The molecule has 52 heavy (non-hydrogen) atoms. The average molecular weight is 747 g/mol. The maximum atomic E-state index is 14.0. The van der Waals surface area contributed by atoms with Crippen molar-refractivity contribution in [1.82, 2.24) is 10.2 Å². The molecule has 4 bridgehead atoms. The number of esters is 1. The molecule has 3 amide bonds. The molecule has 1 aromatic rings. The molecular weight excluding hydrogens is 700 g/mol. The number of nitrogens with one attached hydrogen (secondary N) is 1. The third-order valence-electron chi connectivity index (χ3n) is 9.78. The minimum absolute atomic E-state index is 0.0440. The van der Waals surface area contributed by atoms with E-state index < -0.39 is 59.8 Å². The van der Waals surface area contributed by atoms with Crippen LogP contribution in [0.5, 0.6) is 5.75 Å². The first-order valence-electron chi connectivity index (χ1n) is 16.9. The Morgan fingerprint density at radius 2 is 2.04 bits per heavy atom. The maximum Gasteiger partial charge on any atom is 0.409 e. The van der Waals surface area contributed by atoms with Crippen LogP contribution in [0.2, 0.25) is 5.02 Å². The number of likely N-dealkylation sites (N-methyl/N-ethyl adjacent to an activating group) is 1. The molecule has 3 heterocycles. The van der Waals surface area contributed by atoms with Gasteiger partial charge in [-0.05, 0) is 56.8 Å². The topological polar surface area (TPSA) is 205 Å². The van der Waals surface area contributed by atoms with Gasteiger partial charge < -0.3 is 38.6 Å². The molecule has 16 nitrogen and oxygen atoms in total. The van der Waals surface area contributed by atoms with E-state index in [0.29, 0.717) is 24.3 Å². The molecule has 1 unspecified atom stereocenters. The lowest BCUT2D eigenvalue weighted by atomic mass is 9.90. The highest BCUT2D eigenvalue weighted by Crippen LogP contribution is 2.47. The summed E-state index contributed by atoms with van der Waals surface area (Å²) in [6.45, 7) is 5.22. The summed E-state index contributed by atoms with van der Waals surface area (Å²) < 4.78 is 28.8. The number of anilines is 1. The Morgan fingerprint density at radius 1 is 1.31 bits per heavy atom. The zero-order valence-corrected chi connectivity index (χ0v) is 31.2. The predicted molar refractivity (Wildman–Crippen MR) is 190 cm³/mol. The predicted octanol–water partition coefficient (Wildman–Crippen LogP) is 4.36. The van der Waals surface area contributed by atoms with Crippen LogP contribution in [-0.4, -0.2) is 111 Å². The molecule has 284 valence electrons. The van der Waals surface area contributed by atoms with E-state index in [9.17, 15) is 24.3 Å². The number of allylic oxidation sites excluding steroid dienone is 3. The molecule has 2 fully saturated rings. The number of alkyl carbamates (subject to hydrolysis) is 1. The van der Waals surface area contributed by atoms with Gasteiger partial charge in [-0.25, -0.2) is 9.59 Å². The molecule has 4 rings (SSSR count). The molecule has 0 aliphatic carbocycles. The third kappa shape index (κ3) is 9.36. The van der Waals surface area contributed by atoms with Gasteiger partial charge in [0, 0.05) is 51.9 Å². The van der Waals surface area contributed by atoms with Crippen LogP contribution in [0, 0.1) is 0 Å². The average Bonchev–Trinajstić information content (AvgIpc) is 3.75. The fourth-order valence-corrected chi connectivity index (χ4v) is 6.70. The van der Waals surface area contributed by atoms with E-state index in [2.05, 4.69) is 15.3 Å². The molecule has 0 saturated carbocycles. The number of carbonyl (C=O) groups excluding carboxylic acids is 4. The van der Waals surface area contributed by atoms with E-state index >= 15 is 0 Å². The molecule has 3 aliphatic rings. The van der Waals surface area contributed by atoms with Crippen molar-refractivity contribution in [1.29, 1.82) is 0 Å². The summed E-state index contributed by atoms with van der Waals surface area (Å²) in [5.74, 6) is -1.24. The summed E-state index contributed by atoms with van der Waals surface area (Å²) in [7, 11) is 5.90. The number of azide groups is 1. The Morgan fingerprint density at radius 3 is 2.71 bits per heavy atom. The number of epoxide rings is 1. The highest BCUT2D eigenvalue weighted by atomic mass is 35.5. The fourth-order valence-electron chi connectivity index (χ4n) is 6.39. The molecule has 7 atom stereocenters.